The molecule has 2 bridgehead atoms. The maximum Gasteiger partial charge on any atom is 0.0701 e. The minimum absolute atomic E-state index is 0.668. The third kappa shape index (κ3) is 11.1. The number of hydrogen-bond acceptors (Lipinski definition) is 7. The van der Waals surface area contributed by atoms with Crippen LogP contribution in [0.2, 0.25) is 0 Å². The Labute approximate surface area is 152 Å². The van der Waals surface area contributed by atoms with Crippen LogP contribution in [0.25, 0.3) is 0 Å². The van der Waals surface area contributed by atoms with E-state index < -0.39 is 0 Å². The van der Waals surface area contributed by atoms with Crippen LogP contribution in [-0.4, -0.2) is 115 Å². The van der Waals surface area contributed by atoms with Gasteiger partial charge in [0.25, 0.3) is 0 Å². The first-order valence-corrected chi connectivity index (χ1v) is 9.78. The van der Waals surface area contributed by atoms with Crippen LogP contribution in [0.1, 0.15) is 12.8 Å². The van der Waals surface area contributed by atoms with Crippen molar-refractivity contribution in [2.45, 2.75) is 12.8 Å². The highest BCUT2D eigenvalue weighted by Crippen LogP contribution is 1.98. The molecular formula is C18H36N2O5. The summed E-state index contributed by atoms with van der Waals surface area (Å²) in [7, 11) is 0. The minimum Gasteiger partial charge on any atom is -0.379 e. The van der Waals surface area contributed by atoms with E-state index in [4.69, 9.17) is 23.7 Å². The van der Waals surface area contributed by atoms with Crippen LogP contribution >= 0.6 is 0 Å². The molecule has 0 radical (unpaired) electrons. The Morgan fingerprint density at radius 2 is 0.640 bits per heavy atom. The highest BCUT2D eigenvalue weighted by molar-refractivity contribution is 4.61. The standard InChI is InChI=1S/C18H36N2O5/c1-3-19-5-11-23-12-6-20(4-2-10-22-16-15-21-9-1)8-14-25-18-17-24-13-7-19/h1-18H2. The molecule has 2 unspecified atom stereocenters. The normalized spacial score (nSPS) is 30.7. The molecule has 0 aromatic carbocycles. The second-order valence-corrected chi connectivity index (χ2v) is 6.45. The van der Waals surface area contributed by atoms with E-state index in [0.29, 0.717) is 26.4 Å². The monoisotopic (exact) mass is 360 g/mol. The van der Waals surface area contributed by atoms with Crippen LogP contribution in [0.15, 0.2) is 0 Å². The van der Waals surface area contributed by atoms with Crippen molar-refractivity contribution in [1.82, 2.24) is 9.80 Å². The third-order valence-corrected chi connectivity index (χ3v) is 4.48. The smallest absolute Gasteiger partial charge is 0.0701 e. The molecule has 0 aromatic heterocycles. The first-order valence-electron chi connectivity index (χ1n) is 9.78. The Balaban J connectivity index is 1.86. The van der Waals surface area contributed by atoms with Crippen molar-refractivity contribution in [2.75, 3.05) is 105 Å². The van der Waals surface area contributed by atoms with Crippen molar-refractivity contribution in [1.29, 1.82) is 0 Å². The predicted octanol–water partition coefficient (Wildman–Crippen LogP) is 0.481. The van der Waals surface area contributed by atoms with Crippen LogP contribution in [0.3, 0.4) is 0 Å². The summed E-state index contributed by atoms with van der Waals surface area (Å²) in [5.74, 6) is 0. The van der Waals surface area contributed by atoms with Crippen molar-refractivity contribution in [3.63, 3.8) is 0 Å². The first kappa shape index (κ1) is 21.0. The molecule has 0 spiro atoms. The van der Waals surface area contributed by atoms with E-state index in [1.807, 2.05) is 0 Å². The molecule has 0 N–H and O–H groups in total. The van der Waals surface area contributed by atoms with E-state index in [2.05, 4.69) is 9.80 Å². The van der Waals surface area contributed by atoms with Crippen molar-refractivity contribution in [3.05, 3.63) is 0 Å². The number of hydrogen-bond donors (Lipinski definition) is 0. The second kappa shape index (κ2) is 14.8. The molecule has 7 nitrogen and oxygen atoms in total. The number of nitrogens with zero attached hydrogens (tertiary/aromatic N) is 2. The Bertz CT molecular complexity index is 281. The zero-order valence-corrected chi connectivity index (χ0v) is 15.7. The lowest BCUT2D eigenvalue weighted by molar-refractivity contribution is 0.0231. The molecule has 0 amide bonds. The van der Waals surface area contributed by atoms with Crippen LogP contribution in [0, 0.1) is 0 Å². The summed E-state index contributed by atoms with van der Waals surface area (Å²) in [6.07, 6.45) is 2.05. The molecule has 2 aliphatic heterocycles. The van der Waals surface area contributed by atoms with Crippen LogP contribution in [-0.2, 0) is 23.7 Å². The van der Waals surface area contributed by atoms with Gasteiger partial charge < -0.3 is 23.7 Å². The SMILES string of the molecule is C1COCCOCCCN2CCOCCOCCN(C1)CCOCC2. The molecule has 0 aliphatic carbocycles. The van der Waals surface area contributed by atoms with Gasteiger partial charge >= 0.3 is 0 Å². The average molecular weight is 360 g/mol. The number of fused-ring (bicyclic) bond motifs is 6. The van der Waals surface area contributed by atoms with E-state index in [1.54, 1.807) is 0 Å². The Morgan fingerprint density at radius 3 is 1.04 bits per heavy atom. The van der Waals surface area contributed by atoms with E-state index in [-0.39, 0.29) is 0 Å². The molecule has 0 aromatic rings. The first-order chi connectivity index (χ1) is 12.4. The second-order valence-electron chi connectivity index (χ2n) is 6.45. The lowest BCUT2D eigenvalue weighted by Gasteiger charge is -2.23. The van der Waals surface area contributed by atoms with Gasteiger partial charge in [-0.3, -0.25) is 9.80 Å². The molecule has 25 heavy (non-hydrogen) atoms. The lowest BCUT2D eigenvalue weighted by atomic mass is 10.3. The molecular weight excluding hydrogens is 324 g/mol. The summed E-state index contributed by atoms with van der Waals surface area (Å²) < 4.78 is 28.6. The molecule has 148 valence electrons. The predicted molar refractivity (Wildman–Crippen MR) is 96.2 cm³/mol. The molecule has 7 heteroatoms. The highest BCUT2D eigenvalue weighted by Gasteiger charge is 2.09. The maximum absolute atomic E-state index is 5.87. The van der Waals surface area contributed by atoms with Gasteiger partial charge in [0.15, 0.2) is 0 Å². The van der Waals surface area contributed by atoms with E-state index >= 15 is 0 Å². The van der Waals surface area contributed by atoms with Gasteiger partial charge in [-0.05, 0) is 12.8 Å². The van der Waals surface area contributed by atoms with E-state index in [0.717, 1.165) is 91.8 Å². The third-order valence-electron chi connectivity index (χ3n) is 4.48. The molecule has 2 atom stereocenters. The van der Waals surface area contributed by atoms with Crippen molar-refractivity contribution >= 4 is 0 Å². The molecule has 2 aliphatic rings. The van der Waals surface area contributed by atoms with Crippen molar-refractivity contribution in [2.24, 2.45) is 0 Å². The molecule has 2 saturated heterocycles. The number of ether oxygens (including phenoxy) is 5. The Kier molecular flexibility index (Phi) is 12.5. The summed E-state index contributed by atoms with van der Waals surface area (Å²) in [5.41, 5.74) is 0. The van der Waals surface area contributed by atoms with Gasteiger partial charge in [0.05, 0.1) is 52.9 Å². The Morgan fingerprint density at radius 1 is 0.320 bits per heavy atom. The van der Waals surface area contributed by atoms with Gasteiger partial charge in [-0.2, -0.15) is 0 Å². The van der Waals surface area contributed by atoms with Crippen molar-refractivity contribution < 1.29 is 23.7 Å². The zero-order valence-electron chi connectivity index (χ0n) is 15.7. The van der Waals surface area contributed by atoms with Gasteiger partial charge in [0, 0.05) is 52.5 Å². The molecule has 2 fully saturated rings. The van der Waals surface area contributed by atoms with Gasteiger partial charge in [-0.15, -0.1) is 0 Å². The topological polar surface area (TPSA) is 52.6 Å². The summed E-state index contributed by atoms with van der Waals surface area (Å²) in [6, 6.07) is 0. The minimum atomic E-state index is 0.668. The largest absolute Gasteiger partial charge is 0.379 e. The zero-order chi connectivity index (χ0) is 17.4. The fraction of sp³-hybridized carbons (Fsp3) is 1.00. The van der Waals surface area contributed by atoms with E-state index in [9.17, 15) is 0 Å². The maximum atomic E-state index is 5.87. The quantitative estimate of drug-likeness (QED) is 0.583. The summed E-state index contributed by atoms with van der Waals surface area (Å²) in [4.78, 5) is 4.80. The van der Waals surface area contributed by atoms with Gasteiger partial charge in [0.1, 0.15) is 0 Å². The lowest BCUT2D eigenvalue weighted by Crippen LogP contribution is -2.34. The van der Waals surface area contributed by atoms with Gasteiger partial charge in [-0.25, -0.2) is 0 Å². The summed E-state index contributed by atoms with van der Waals surface area (Å²) >= 11 is 0. The molecule has 0 saturated carbocycles. The highest BCUT2D eigenvalue weighted by atomic mass is 16.5. The fourth-order valence-electron chi connectivity index (χ4n) is 2.97. The summed E-state index contributed by atoms with van der Waals surface area (Å²) in [5, 5.41) is 0. The van der Waals surface area contributed by atoms with Crippen LogP contribution < -0.4 is 0 Å². The summed E-state index contributed by atoms with van der Waals surface area (Å²) in [6.45, 7) is 13.1. The van der Waals surface area contributed by atoms with Crippen LogP contribution in [0.4, 0.5) is 0 Å². The molecule has 2 rings (SSSR count). The van der Waals surface area contributed by atoms with Crippen molar-refractivity contribution in [3.8, 4) is 0 Å². The van der Waals surface area contributed by atoms with Crippen LogP contribution in [0.5, 0.6) is 0 Å². The van der Waals surface area contributed by atoms with Gasteiger partial charge in [-0.1, -0.05) is 0 Å². The fourth-order valence-corrected chi connectivity index (χ4v) is 2.97. The number of rotatable bonds is 0. The molecule has 2 heterocycles. The van der Waals surface area contributed by atoms with E-state index in [1.165, 1.54) is 0 Å². The average Bonchev–Trinajstić information content (AvgIpc) is 2.62. The Hall–Kier alpha value is -0.280. The van der Waals surface area contributed by atoms with Gasteiger partial charge in [0.2, 0.25) is 0 Å².